The molecule has 0 bridgehead atoms. The zero-order valence-corrected chi connectivity index (χ0v) is 9.58. The molecule has 0 fully saturated rings. The van der Waals surface area contributed by atoms with E-state index >= 15 is 0 Å². The second-order valence-corrected chi connectivity index (χ2v) is 3.78. The lowest BCUT2D eigenvalue weighted by Gasteiger charge is -1.97. The van der Waals surface area contributed by atoms with E-state index in [0.29, 0.717) is 5.69 Å². The van der Waals surface area contributed by atoms with Crippen LogP contribution in [0.25, 0.3) is 0 Å². The van der Waals surface area contributed by atoms with Crippen LogP contribution in [0.15, 0.2) is 53.5 Å². The Hall–Kier alpha value is -2.62. The Balaban J connectivity index is 2.13. The molecule has 2 aromatic rings. The molecule has 0 atom stereocenters. The number of aromatic carboxylic acids is 1. The third-order valence-corrected chi connectivity index (χ3v) is 2.41. The van der Waals surface area contributed by atoms with Gasteiger partial charge in [0.15, 0.2) is 0 Å². The number of hydrogen-bond acceptors (Lipinski definition) is 3. The summed E-state index contributed by atoms with van der Waals surface area (Å²) < 4.78 is 0. The predicted molar refractivity (Wildman–Crippen MR) is 71.5 cm³/mol. The summed E-state index contributed by atoms with van der Waals surface area (Å²) in [6, 6.07) is 13.7. The minimum absolute atomic E-state index is 0.264. The number of aliphatic imine (C=N–C) groups is 1. The summed E-state index contributed by atoms with van der Waals surface area (Å²) in [7, 11) is 0. The molecule has 3 N–H and O–H groups in total. The minimum Gasteiger partial charge on any atom is -0.478 e. The van der Waals surface area contributed by atoms with Crippen LogP contribution in [0.5, 0.6) is 0 Å². The largest absolute Gasteiger partial charge is 0.478 e. The van der Waals surface area contributed by atoms with Gasteiger partial charge >= 0.3 is 5.97 Å². The number of anilines is 1. The molecular weight excluding hydrogens is 228 g/mol. The first kappa shape index (κ1) is 11.9. The van der Waals surface area contributed by atoms with Crippen molar-refractivity contribution in [2.45, 2.75) is 0 Å². The number of hydrogen-bond donors (Lipinski definition) is 2. The van der Waals surface area contributed by atoms with Crippen LogP contribution in [0.1, 0.15) is 15.9 Å². The Bertz CT molecular complexity index is 572. The van der Waals surface area contributed by atoms with E-state index in [1.165, 1.54) is 0 Å². The maximum absolute atomic E-state index is 10.7. The van der Waals surface area contributed by atoms with E-state index in [4.69, 9.17) is 10.8 Å². The standard InChI is InChI=1S/C14H12N2O2/c15-12-5-7-13(8-6-12)16-9-10-1-3-11(4-2-10)14(17)18/h1-9H,15H2,(H,17,18). The first-order valence-corrected chi connectivity index (χ1v) is 5.38. The fraction of sp³-hybridized carbons (Fsp3) is 0. The number of benzene rings is 2. The lowest BCUT2D eigenvalue weighted by atomic mass is 10.1. The molecule has 0 unspecified atom stereocenters. The summed E-state index contributed by atoms with van der Waals surface area (Å²) in [6.07, 6.45) is 1.68. The average Bonchev–Trinajstić information content (AvgIpc) is 2.38. The van der Waals surface area contributed by atoms with Crippen molar-refractivity contribution in [2.24, 2.45) is 4.99 Å². The quantitative estimate of drug-likeness (QED) is 0.639. The molecule has 0 amide bonds. The van der Waals surface area contributed by atoms with Gasteiger partial charge in [-0.15, -0.1) is 0 Å². The normalized spacial score (nSPS) is 10.7. The van der Waals surface area contributed by atoms with Gasteiger partial charge in [-0.3, -0.25) is 4.99 Å². The summed E-state index contributed by atoms with van der Waals surface area (Å²) in [6.45, 7) is 0. The van der Waals surface area contributed by atoms with Crippen LogP contribution < -0.4 is 5.73 Å². The molecule has 0 aromatic heterocycles. The summed E-state index contributed by atoms with van der Waals surface area (Å²) in [4.78, 5) is 14.9. The maximum atomic E-state index is 10.7. The van der Waals surface area contributed by atoms with Crippen molar-refractivity contribution in [2.75, 3.05) is 5.73 Å². The van der Waals surface area contributed by atoms with E-state index in [1.807, 2.05) is 12.1 Å². The van der Waals surface area contributed by atoms with E-state index in [2.05, 4.69) is 4.99 Å². The van der Waals surface area contributed by atoms with Crippen LogP contribution in [0.4, 0.5) is 11.4 Å². The van der Waals surface area contributed by atoms with Gasteiger partial charge in [-0.25, -0.2) is 4.79 Å². The Kier molecular flexibility index (Phi) is 3.38. The number of nitrogens with zero attached hydrogens (tertiary/aromatic N) is 1. The molecule has 0 saturated heterocycles. The zero-order valence-electron chi connectivity index (χ0n) is 9.58. The molecule has 0 aliphatic carbocycles. The van der Waals surface area contributed by atoms with Crippen molar-refractivity contribution in [1.29, 1.82) is 0 Å². The molecule has 0 spiro atoms. The maximum Gasteiger partial charge on any atom is 0.335 e. The highest BCUT2D eigenvalue weighted by Gasteiger charge is 2.00. The predicted octanol–water partition coefficient (Wildman–Crippen LogP) is 2.72. The molecule has 0 saturated carbocycles. The molecule has 4 nitrogen and oxygen atoms in total. The van der Waals surface area contributed by atoms with Crippen LogP contribution in [-0.2, 0) is 0 Å². The highest BCUT2D eigenvalue weighted by Crippen LogP contribution is 2.14. The molecule has 0 radical (unpaired) electrons. The van der Waals surface area contributed by atoms with Crippen molar-refractivity contribution in [1.82, 2.24) is 0 Å². The summed E-state index contributed by atoms with van der Waals surface area (Å²) in [5, 5.41) is 8.76. The van der Waals surface area contributed by atoms with Crippen LogP contribution in [0.3, 0.4) is 0 Å². The van der Waals surface area contributed by atoms with Gasteiger partial charge in [-0.1, -0.05) is 12.1 Å². The molecule has 2 rings (SSSR count). The van der Waals surface area contributed by atoms with Gasteiger partial charge < -0.3 is 10.8 Å². The lowest BCUT2D eigenvalue weighted by molar-refractivity contribution is 0.0697. The molecule has 90 valence electrons. The number of carboxylic acids is 1. The average molecular weight is 240 g/mol. The van der Waals surface area contributed by atoms with Gasteiger partial charge in [0, 0.05) is 11.9 Å². The number of nitrogen functional groups attached to an aromatic ring is 1. The molecule has 0 aliphatic rings. The molecule has 2 aromatic carbocycles. The molecule has 0 aliphatic heterocycles. The van der Waals surface area contributed by atoms with E-state index < -0.39 is 5.97 Å². The van der Waals surface area contributed by atoms with Gasteiger partial charge in [0.2, 0.25) is 0 Å². The first-order valence-electron chi connectivity index (χ1n) is 5.38. The molecule has 0 heterocycles. The SMILES string of the molecule is Nc1ccc(N=Cc2ccc(C(=O)O)cc2)cc1. The van der Waals surface area contributed by atoms with Gasteiger partial charge in [0.05, 0.1) is 11.3 Å². The van der Waals surface area contributed by atoms with Crippen molar-refractivity contribution < 1.29 is 9.90 Å². The van der Waals surface area contributed by atoms with E-state index in [9.17, 15) is 4.79 Å². The Labute approximate surface area is 104 Å². The Morgan fingerprint density at radius 3 is 2.22 bits per heavy atom. The van der Waals surface area contributed by atoms with Crippen molar-refractivity contribution >= 4 is 23.6 Å². The van der Waals surface area contributed by atoms with Crippen LogP contribution in [-0.4, -0.2) is 17.3 Å². The van der Waals surface area contributed by atoms with Crippen LogP contribution in [0, 0.1) is 0 Å². The number of nitrogens with two attached hydrogens (primary N) is 1. The van der Waals surface area contributed by atoms with Crippen LogP contribution in [0.2, 0.25) is 0 Å². The van der Waals surface area contributed by atoms with Crippen molar-refractivity contribution in [3.05, 3.63) is 59.7 Å². The smallest absolute Gasteiger partial charge is 0.335 e. The highest BCUT2D eigenvalue weighted by atomic mass is 16.4. The Morgan fingerprint density at radius 2 is 1.67 bits per heavy atom. The fourth-order valence-electron chi connectivity index (χ4n) is 1.42. The zero-order chi connectivity index (χ0) is 13.0. The monoisotopic (exact) mass is 240 g/mol. The van der Waals surface area contributed by atoms with Gasteiger partial charge in [-0.2, -0.15) is 0 Å². The topological polar surface area (TPSA) is 75.7 Å². The van der Waals surface area contributed by atoms with E-state index in [1.54, 1.807) is 42.6 Å². The molecule has 4 heteroatoms. The summed E-state index contributed by atoms with van der Waals surface area (Å²) in [5.41, 5.74) is 8.17. The van der Waals surface area contributed by atoms with Gasteiger partial charge in [-0.05, 0) is 42.0 Å². The second kappa shape index (κ2) is 5.14. The fourth-order valence-corrected chi connectivity index (χ4v) is 1.42. The van der Waals surface area contributed by atoms with Crippen LogP contribution >= 0.6 is 0 Å². The van der Waals surface area contributed by atoms with Crippen molar-refractivity contribution in [3.63, 3.8) is 0 Å². The Morgan fingerprint density at radius 1 is 1.06 bits per heavy atom. The van der Waals surface area contributed by atoms with Gasteiger partial charge in [0.25, 0.3) is 0 Å². The van der Waals surface area contributed by atoms with Crippen molar-refractivity contribution in [3.8, 4) is 0 Å². The second-order valence-electron chi connectivity index (χ2n) is 3.78. The van der Waals surface area contributed by atoms with Gasteiger partial charge in [0.1, 0.15) is 0 Å². The number of carbonyl (C=O) groups is 1. The molecule has 18 heavy (non-hydrogen) atoms. The van der Waals surface area contributed by atoms with E-state index in [0.717, 1.165) is 11.3 Å². The third-order valence-electron chi connectivity index (χ3n) is 2.41. The first-order chi connectivity index (χ1) is 8.65. The summed E-state index contributed by atoms with van der Waals surface area (Å²) in [5.74, 6) is -0.933. The van der Waals surface area contributed by atoms with E-state index in [-0.39, 0.29) is 5.56 Å². The lowest BCUT2D eigenvalue weighted by Crippen LogP contribution is -1.95. The highest BCUT2D eigenvalue weighted by molar-refractivity contribution is 5.89. The number of rotatable bonds is 3. The summed E-state index contributed by atoms with van der Waals surface area (Å²) >= 11 is 0. The third kappa shape index (κ3) is 2.95. The minimum atomic E-state index is -0.933. The number of carboxylic acid groups (broad SMARTS) is 1. The molecular formula is C14H12N2O2.